The molecule has 1 aromatic carbocycles. The number of hydrogen-bond donors (Lipinski definition) is 0. The lowest BCUT2D eigenvalue weighted by Gasteiger charge is -1.98. The first-order valence-corrected chi connectivity index (χ1v) is 6.73. The van der Waals surface area contributed by atoms with Gasteiger partial charge in [-0.05, 0) is 18.2 Å². The Morgan fingerprint density at radius 3 is 2.25 bits per heavy atom. The summed E-state index contributed by atoms with van der Waals surface area (Å²) in [4.78, 5) is 11.6. The van der Waals surface area contributed by atoms with Crippen molar-refractivity contribution in [2.45, 2.75) is 4.90 Å². The van der Waals surface area contributed by atoms with E-state index in [-0.39, 0.29) is 10.6 Å². The van der Waals surface area contributed by atoms with E-state index in [2.05, 4.69) is 0 Å². The Morgan fingerprint density at radius 1 is 1.12 bits per heavy atom. The van der Waals surface area contributed by atoms with Gasteiger partial charge in [0, 0.05) is 24.8 Å². The predicted octanol–water partition coefficient (Wildman–Crippen LogP) is 0.804. The average Bonchev–Trinajstić information content (AvgIpc) is 2.43. The highest BCUT2D eigenvalue weighted by Gasteiger charge is 2.14. The molecule has 16 heavy (non-hydrogen) atoms. The fraction of sp³-hybridized carbons (Fsp3) is 0.222. The first-order chi connectivity index (χ1) is 7.32. The van der Waals surface area contributed by atoms with Gasteiger partial charge in [-0.15, -0.1) is 0 Å². The highest BCUT2D eigenvalue weighted by molar-refractivity contribution is 8.13. The van der Waals surface area contributed by atoms with E-state index in [0.29, 0.717) is 11.0 Å². The molecule has 86 valence electrons. The van der Waals surface area contributed by atoms with Crippen LogP contribution in [0.4, 0.5) is 0 Å². The lowest BCUT2D eigenvalue weighted by atomic mass is 10.3. The topological polar surface area (TPSA) is 61.1 Å². The summed E-state index contributed by atoms with van der Waals surface area (Å²) < 4.78 is 25.1. The van der Waals surface area contributed by atoms with E-state index in [0.717, 1.165) is 0 Å². The lowest BCUT2D eigenvalue weighted by Crippen LogP contribution is -2.19. The second kappa shape index (κ2) is 3.36. The monoisotopic (exact) mass is 260 g/mol. The Morgan fingerprint density at radius 2 is 1.69 bits per heavy atom. The van der Waals surface area contributed by atoms with Crippen molar-refractivity contribution in [3.05, 3.63) is 28.7 Å². The Hall–Kier alpha value is -1.27. The molecule has 0 aliphatic carbocycles. The lowest BCUT2D eigenvalue weighted by molar-refractivity contribution is 0.609. The number of halogens is 1. The van der Waals surface area contributed by atoms with Gasteiger partial charge in [0.1, 0.15) is 0 Å². The molecule has 5 nitrogen and oxygen atoms in total. The molecule has 1 aromatic heterocycles. The molecule has 1 heterocycles. The second-order valence-corrected chi connectivity index (χ2v) is 6.05. The van der Waals surface area contributed by atoms with Gasteiger partial charge in [-0.1, -0.05) is 0 Å². The molecule has 0 aliphatic heterocycles. The third kappa shape index (κ3) is 1.54. The van der Waals surface area contributed by atoms with Crippen molar-refractivity contribution in [3.63, 3.8) is 0 Å². The van der Waals surface area contributed by atoms with Gasteiger partial charge in [0.05, 0.1) is 15.9 Å². The van der Waals surface area contributed by atoms with Crippen LogP contribution in [0.15, 0.2) is 27.9 Å². The zero-order valence-corrected chi connectivity index (χ0v) is 10.2. The van der Waals surface area contributed by atoms with E-state index in [1.165, 1.54) is 21.3 Å². The molecule has 0 aliphatic rings. The van der Waals surface area contributed by atoms with Crippen molar-refractivity contribution in [3.8, 4) is 0 Å². The fourth-order valence-corrected chi connectivity index (χ4v) is 2.41. The first kappa shape index (κ1) is 11.2. The van der Waals surface area contributed by atoms with Gasteiger partial charge >= 0.3 is 5.69 Å². The van der Waals surface area contributed by atoms with E-state index in [4.69, 9.17) is 10.7 Å². The van der Waals surface area contributed by atoms with Gasteiger partial charge in [0.25, 0.3) is 9.05 Å². The molecule has 0 atom stereocenters. The number of aryl methyl sites for hydroxylation is 2. The van der Waals surface area contributed by atoms with E-state index in [1.54, 1.807) is 20.2 Å². The van der Waals surface area contributed by atoms with Crippen LogP contribution in [-0.2, 0) is 23.1 Å². The summed E-state index contributed by atoms with van der Waals surface area (Å²) in [5, 5.41) is 0. The summed E-state index contributed by atoms with van der Waals surface area (Å²) in [6.07, 6.45) is 0. The van der Waals surface area contributed by atoms with Crippen LogP contribution in [0.1, 0.15) is 0 Å². The van der Waals surface area contributed by atoms with Crippen molar-refractivity contribution in [1.82, 2.24) is 9.13 Å². The van der Waals surface area contributed by atoms with Crippen LogP contribution in [0.5, 0.6) is 0 Å². The zero-order valence-electron chi connectivity index (χ0n) is 8.64. The molecule has 0 bridgehead atoms. The summed E-state index contributed by atoms with van der Waals surface area (Å²) in [5.74, 6) is 0. The van der Waals surface area contributed by atoms with E-state index >= 15 is 0 Å². The van der Waals surface area contributed by atoms with Gasteiger partial charge in [-0.3, -0.25) is 9.13 Å². The predicted molar refractivity (Wildman–Crippen MR) is 61.2 cm³/mol. The Bertz CT molecular complexity index is 727. The minimum atomic E-state index is -3.77. The second-order valence-electron chi connectivity index (χ2n) is 3.49. The number of nitrogens with zero attached hydrogens (tertiary/aromatic N) is 2. The Kier molecular flexibility index (Phi) is 2.36. The quantitative estimate of drug-likeness (QED) is 0.713. The van der Waals surface area contributed by atoms with Crippen LogP contribution in [0.3, 0.4) is 0 Å². The van der Waals surface area contributed by atoms with Crippen molar-refractivity contribution < 1.29 is 8.42 Å². The smallest absolute Gasteiger partial charge is 0.295 e. The number of rotatable bonds is 1. The maximum atomic E-state index is 11.6. The van der Waals surface area contributed by atoms with Crippen LogP contribution in [0.25, 0.3) is 11.0 Å². The molecule has 0 radical (unpaired) electrons. The first-order valence-electron chi connectivity index (χ1n) is 4.42. The molecule has 0 unspecified atom stereocenters. The highest BCUT2D eigenvalue weighted by Crippen LogP contribution is 2.20. The zero-order chi connectivity index (χ0) is 12.1. The summed E-state index contributed by atoms with van der Waals surface area (Å²) in [6.45, 7) is 0. The Labute approximate surface area is 96.3 Å². The summed E-state index contributed by atoms with van der Waals surface area (Å²) in [6, 6.07) is 4.33. The summed E-state index contributed by atoms with van der Waals surface area (Å²) in [5.41, 5.74) is 0.991. The number of fused-ring (bicyclic) bond motifs is 1. The van der Waals surface area contributed by atoms with Crippen LogP contribution in [0.2, 0.25) is 0 Å². The van der Waals surface area contributed by atoms with Crippen molar-refractivity contribution >= 4 is 30.8 Å². The number of benzene rings is 1. The molecule has 0 saturated carbocycles. The molecule has 0 amide bonds. The van der Waals surface area contributed by atoms with Crippen LogP contribution in [0, 0.1) is 0 Å². The summed E-state index contributed by atoms with van der Waals surface area (Å²) in [7, 11) is 4.67. The Balaban J connectivity index is 2.93. The van der Waals surface area contributed by atoms with E-state index in [1.807, 2.05) is 0 Å². The standard InChI is InChI=1S/C9H9ClN2O3S/c1-11-7-4-3-6(16(10,14)15)5-8(7)12(2)9(11)13/h3-5H,1-2H3. The molecular weight excluding hydrogens is 252 g/mol. The van der Waals surface area contributed by atoms with Crippen molar-refractivity contribution in [2.24, 2.45) is 14.1 Å². The van der Waals surface area contributed by atoms with Gasteiger partial charge in [-0.2, -0.15) is 0 Å². The normalized spacial score (nSPS) is 12.2. The van der Waals surface area contributed by atoms with Gasteiger partial charge in [0.15, 0.2) is 0 Å². The molecule has 0 fully saturated rings. The van der Waals surface area contributed by atoms with Crippen molar-refractivity contribution in [2.75, 3.05) is 0 Å². The van der Waals surface area contributed by atoms with E-state index in [9.17, 15) is 13.2 Å². The fourth-order valence-electron chi connectivity index (χ4n) is 1.64. The third-order valence-corrected chi connectivity index (χ3v) is 3.88. The molecule has 0 N–H and O–H groups in total. The van der Waals surface area contributed by atoms with Crippen LogP contribution < -0.4 is 5.69 Å². The highest BCUT2D eigenvalue weighted by atomic mass is 35.7. The molecule has 0 saturated heterocycles. The maximum Gasteiger partial charge on any atom is 0.328 e. The molecule has 0 spiro atoms. The molecular formula is C9H9ClN2O3S. The number of hydrogen-bond acceptors (Lipinski definition) is 3. The summed E-state index contributed by atoms with van der Waals surface area (Å²) >= 11 is 0. The van der Waals surface area contributed by atoms with Crippen LogP contribution in [-0.4, -0.2) is 17.6 Å². The van der Waals surface area contributed by atoms with Gasteiger partial charge in [-0.25, -0.2) is 13.2 Å². The third-order valence-electron chi connectivity index (χ3n) is 2.52. The van der Waals surface area contributed by atoms with Crippen LogP contribution >= 0.6 is 10.7 Å². The average molecular weight is 261 g/mol. The number of aromatic nitrogens is 2. The van der Waals surface area contributed by atoms with Crippen molar-refractivity contribution in [1.29, 1.82) is 0 Å². The van der Waals surface area contributed by atoms with Gasteiger partial charge < -0.3 is 0 Å². The SMILES string of the molecule is Cn1c(=O)n(C)c2cc(S(=O)(=O)Cl)ccc21. The molecule has 2 aromatic rings. The minimum absolute atomic E-state index is 0.0112. The maximum absolute atomic E-state index is 11.6. The van der Waals surface area contributed by atoms with E-state index < -0.39 is 9.05 Å². The van der Waals surface area contributed by atoms with Gasteiger partial charge in [0.2, 0.25) is 0 Å². The number of imidazole rings is 1. The largest absolute Gasteiger partial charge is 0.328 e. The molecule has 7 heteroatoms. The molecule has 2 rings (SSSR count). The minimum Gasteiger partial charge on any atom is -0.295 e.